The molecule has 1 aliphatic rings. The highest BCUT2D eigenvalue weighted by Gasteiger charge is 2.16. The quantitative estimate of drug-likeness (QED) is 0.445. The van der Waals surface area contributed by atoms with Crippen LogP contribution in [0.3, 0.4) is 0 Å². The number of hydrogen-bond donors (Lipinski definition) is 2. The van der Waals surface area contributed by atoms with Crippen LogP contribution < -0.4 is 10.6 Å². The number of likely N-dealkylation sites (tertiary alicyclic amines) is 1. The Labute approximate surface area is 191 Å². The van der Waals surface area contributed by atoms with Crippen LogP contribution in [-0.2, 0) is 0 Å². The molecule has 4 rings (SSSR count). The Bertz CT molecular complexity index is 1080. The minimum absolute atomic E-state index is 0.0373. The molecule has 2 heterocycles. The van der Waals surface area contributed by atoms with Crippen LogP contribution >= 0.6 is 0 Å². The summed E-state index contributed by atoms with van der Waals surface area (Å²) in [5, 5.41) is 13.4. The molecule has 174 valence electrons. The van der Waals surface area contributed by atoms with Crippen LogP contribution in [0.1, 0.15) is 42.5 Å². The van der Waals surface area contributed by atoms with Gasteiger partial charge < -0.3 is 20.0 Å². The summed E-state index contributed by atoms with van der Waals surface area (Å²) in [6, 6.07) is 9.88. The summed E-state index contributed by atoms with van der Waals surface area (Å²) in [7, 11) is 0. The molecule has 0 bridgehead atoms. The van der Waals surface area contributed by atoms with Gasteiger partial charge in [0, 0.05) is 12.2 Å². The van der Waals surface area contributed by atoms with Gasteiger partial charge in [-0.1, -0.05) is 23.7 Å². The first-order chi connectivity index (χ1) is 16.1. The van der Waals surface area contributed by atoms with Gasteiger partial charge in [-0.3, -0.25) is 4.79 Å². The molecule has 1 amide bonds. The van der Waals surface area contributed by atoms with Crippen molar-refractivity contribution in [1.82, 2.24) is 15.1 Å². The Morgan fingerprint density at radius 1 is 1.00 bits per heavy atom. The molecule has 7 nitrogen and oxygen atoms in total. The zero-order valence-corrected chi connectivity index (χ0v) is 18.3. The molecule has 1 saturated heterocycles. The summed E-state index contributed by atoms with van der Waals surface area (Å²) in [5.74, 6) is -1.91. The molecule has 1 aromatic heterocycles. The molecule has 0 radical (unpaired) electrons. The first-order valence-electron chi connectivity index (χ1n) is 11.3. The van der Waals surface area contributed by atoms with Crippen LogP contribution in [0.15, 0.2) is 46.9 Å². The normalized spacial score (nSPS) is 14.2. The summed E-state index contributed by atoms with van der Waals surface area (Å²) in [4.78, 5) is 14.7. The minimum atomic E-state index is -0.662. The monoisotopic (exact) mass is 455 g/mol. The van der Waals surface area contributed by atoms with Crippen molar-refractivity contribution in [2.24, 2.45) is 0 Å². The number of anilines is 2. The van der Waals surface area contributed by atoms with Crippen LogP contribution in [-0.4, -0.2) is 47.2 Å². The summed E-state index contributed by atoms with van der Waals surface area (Å²) in [6.45, 7) is 4.18. The Hall–Kier alpha value is -3.33. The van der Waals surface area contributed by atoms with Crippen molar-refractivity contribution in [3.63, 3.8) is 0 Å². The van der Waals surface area contributed by atoms with Crippen molar-refractivity contribution >= 4 is 17.6 Å². The number of nitrogens with one attached hydrogen (secondary N) is 2. The number of halogens is 2. The van der Waals surface area contributed by atoms with Crippen LogP contribution in [0.4, 0.5) is 20.5 Å². The van der Waals surface area contributed by atoms with Crippen molar-refractivity contribution < 1.29 is 18.0 Å². The van der Waals surface area contributed by atoms with Gasteiger partial charge in [-0.15, -0.1) is 5.10 Å². The van der Waals surface area contributed by atoms with E-state index in [-0.39, 0.29) is 28.7 Å². The van der Waals surface area contributed by atoms with Gasteiger partial charge in [-0.25, -0.2) is 8.78 Å². The van der Waals surface area contributed by atoms with Gasteiger partial charge in [0.05, 0.1) is 11.1 Å². The average Bonchev–Trinajstić information content (AvgIpc) is 3.28. The molecule has 0 spiro atoms. The predicted octanol–water partition coefficient (Wildman–Crippen LogP) is 4.95. The van der Waals surface area contributed by atoms with E-state index >= 15 is 0 Å². The van der Waals surface area contributed by atoms with Gasteiger partial charge in [0.2, 0.25) is 0 Å². The van der Waals surface area contributed by atoms with E-state index in [0.717, 1.165) is 25.5 Å². The van der Waals surface area contributed by atoms with E-state index in [4.69, 9.17) is 4.42 Å². The van der Waals surface area contributed by atoms with E-state index in [2.05, 4.69) is 25.7 Å². The predicted molar refractivity (Wildman–Crippen MR) is 122 cm³/mol. The molecule has 0 atom stereocenters. The van der Waals surface area contributed by atoms with Crippen molar-refractivity contribution in [1.29, 1.82) is 0 Å². The SMILES string of the molecule is O=C(Nc1ccc(-c2nnc(NCCCCN3CCCCC3)o2)c(F)c1)c1ccccc1F. The fourth-order valence-electron chi connectivity index (χ4n) is 3.85. The number of nitrogens with zero attached hydrogens (tertiary/aromatic N) is 3. The van der Waals surface area contributed by atoms with E-state index in [1.807, 2.05) is 0 Å². The lowest BCUT2D eigenvalue weighted by atomic mass is 10.1. The Morgan fingerprint density at radius 2 is 1.82 bits per heavy atom. The van der Waals surface area contributed by atoms with Gasteiger partial charge in [-0.05, 0) is 75.6 Å². The summed E-state index contributed by atoms with van der Waals surface area (Å²) in [5.41, 5.74) is 0.186. The third kappa shape index (κ3) is 6.13. The second-order valence-electron chi connectivity index (χ2n) is 8.08. The molecule has 3 aromatic rings. The maximum Gasteiger partial charge on any atom is 0.315 e. The number of benzene rings is 2. The lowest BCUT2D eigenvalue weighted by Crippen LogP contribution is -2.30. The fraction of sp³-hybridized carbons (Fsp3) is 0.375. The second-order valence-corrected chi connectivity index (χ2v) is 8.08. The number of carbonyl (C=O) groups excluding carboxylic acids is 1. The van der Waals surface area contributed by atoms with E-state index in [9.17, 15) is 13.6 Å². The van der Waals surface area contributed by atoms with E-state index < -0.39 is 17.5 Å². The fourth-order valence-corrected chi connectivity index (χ4v) is 3.85. The molecule has 0 aliphatic carbocycles. The van der Waals surface area contributed by atoms with Crippen LogP contribution in [0.5, 0.6) is 0 Å². The topological polar surface area (TPSA) is 83.3 Å². The lowest BCUT2D eigenvalue weighted by Gasteiger charge is -2.26. The number of hydrogen-bond acceptors (Lipinski definition) is 6. The van der Waals surface area contributed by atoms with E-state index in [1.165, 1.54) is 62.7 Å². The maximum atomic E-state index is 14.6. The number of aromatic nitrogens is 2. The zero-order chi connectivity index (χ0) is 23.0. The molecule has 1 aliphatic heterocycles. The van der Waals surface area contributed by atoms with Crippen molar-refractivity contribution in [3.05, 3.63) is 59.7 Å². The number of piperidine rings is 1. The first kappa shape index (κ1) is 22.8. The lowest BCUT2D eigenvalue weighted by molar-refractivity contribution is 0.102. The van der Waals surface area contributed by atoms with Crippen molar-refractivity contribution in [2.45, 2.75) is 32.1 Å². The average molecular weight is 456 g/mol. The molecule has 0 unspecified atom stereocenters. The van der Waals surface area contributed by atoms with E-state index in [0.29, 0.717) is 6.54 Å². The molecule has 1 fully saturated rings. The molecule has 9 heteroatoms. The third-order valence-electron chi connectivity index (χ3n) is 5.63. The second kappa shape index (κ2) is 11.0. The first-order valence-corrected chi connectivity index (χ1v) is 11.3. The minimum Gasteiger partial charge on any atom is -0.403 e. The molecule has 2 N–H and O–H groups in total. The number of amides is 1. The number of carbonyl (C=O) groups is 1. The van der Waals surface area contributed by atoms with Gasteiger partial charge in [0.1, 0.15) is 11.6 Å². The Kier molecular flexibility index (Phi) is 7.62. The third-order valence-corrected chi connectivity index (χ3v) is 5.63. The molecular formula is C24H27F2N5O2. The van der Waals surface area contributed by atoms with Gasteiger partial charge in [0.15, 0.2) is 0 Å². The Morgan fingerprint density at radius 3 is 2.61 bits per heavy atom. The van der Waals surface area contributed by atoms with Crippen molar-refractivity contribution in [3.8, 4) is 11.5 Å². The summed E-state index contributed by atoms with van der Waals surface area (Å²) in [6.07, 6.45) is 5.97. The Balaban J connectivity index is 1.28. The van der Waals surface area contributed by atoms with E-state index in [1.54, 1.807) is 6.07 Å². The van der Waals surface area contributed by atoms with Gasteiger partial charge in [-0.2, -0.15) is 0 Å². The summed E-state index contributed by atoms with van der Waals surface area (Å²) < 4.78 is 33.9. The summed E-state index contributed by atoms with van der Waals surface area (Å²) >= 11 is 0. The zero-order valence-electron chi connectivity index (χ0n) is 18.3. The number of rotatable bonds is 9. The van der Waals surface area contributed by atoms with Crippen LogP contribution in [0, 0.1) is 11.6 Å². The molecule has 2 aromatic carbocycles. The molecular weight excluding hydrogens is 428 g/mol. The maximum absolute atomic E-state index is 14.6. The van der Waals surface area contributed by atoms with Crippen LogP contribution in [0.25, 0.3) is 11.5 Å². The molecule has 0 saturated carbocycles. The van der Waals surface area contributed by atoms with Gasteiger partial charge in [0.25, 0.3) is 11.8 Å². The number of unbranched alkanes of at least 4 members (excludes halogenated alkanes) is 1. The van der Waals surface area contributed by atoms with Crippen LogP contribution in [0.2, 0.25) is 0 Å². The smallest absolute Gasteiger partial charge is 0.315 e. The molecule has 33 heavy (non-hydrogen) atoms. The highest BCUT2D eigenvalue weighted by molar-refractivity contribution is 6.04. The van der Waals surface area contributed by atoms with Crippen molar-refractivity contribution in [2.75, 3.05) is 36.8 Å². The highest BCUT2D eigenvalue weighted by atomic mass is 19.1. The van der Waals surface area contributed by atoms with Gasteiger partial charge >= 0.3 is 6.01 Å². The standard InChI is InChI=1S/C24H27F2N5O2/c25-20-9-3-2-8-18(20)22(32)28-17-10-11-19(21(26)16-17)23-29-30-24(33-23)27-12-4-7-15-31-13-5-1-6-14-31/h2-3,8-11,16H,1,4-7,12-15H2,(H,27,30)(H,28,32). The largest absolute Gasteiger partial charge is 0.403 e. The highest BCUT2D eigenvalue weighted by Crippen LogP contribution is 2.26.